The second kappa shape index (κ2) is 7.15. The summed E-state index contributed by atoms with van der Waals surface area (Å²) in [6.45, 7) is 3.02. The number of methoxy groups -OCH3 is 1. The van der Waals surface area contributed by atoms with Crippen LogP contribution in [0.1, 0.15) is 21.0 Å². The van der Waals surface area contributed by atoms with Crippen LogP contribution in [0.3, 0.4) is 0 Å². The molecule has 126 valence electrons. The fraction of sp³-hybridized carbons (Fsp3) is 0.583. The Morgan fingerprint density at radius 3 is 2.57 bits per heavy atom. The maximum Gasteiger partial charge on any atom is 0.365 e. The van der Waals surface area contributed by atoms with E-state index in [0.29, 0.717) is 32.8 Å². The molecule has 0 atom stereocenters. The number of carboxylic acids is 1. The zero-order valence-corrected chi connectivity index (χ0v) is 12.4. The summed E-state index contributed by atoms with van der Waals surface area (Å²) < 4.78 is 10.6. The van der Waals surface area contributed by atoms with Crippen LogP contribution < -0.4 is 0 Å². The van der Waals surface area contributed by atoms with Gasteiger partial charge in [0.1, 0.15) is 0 Å². The lowest BCUT2D eigenvalue weighted by molar-refractivity contribution is -0.385. The number of carbonyl (C=O) groups excluding carboxylic acids is 1. The maximum absolute atomic E-state index is 11.6. The number of carbonyl (C=O) groups is 2. The minimum absolute atomic E-state index is 0.0967. The third-order valence-electron chi connectivity index (χ3n) is 3.42. The molecule has 23 heavy (non-hydrogen) atoms. The number of aromatic nitrogens is 2. The molecule has 2 heterocycles. The highest BCUT2D eigenvalue weighted by Gasteiger charge is 2.36. The van der Waals surface area contributed by atoms with Crippen molar-refractivity contribution in [2.45, 2.75) is 6.54 Å². The summed E-state index contributed by atoms with van der Waals surface area (Å²) in [7, 11) is 1.04. The van der Waals surface area contributed by atoms with Gasteiger partial charge in [0.25, 0.3) is 0 Å². The number of hydrogen-bond donors (Lipinski definition) is 1. The number of aromatic carboxylic acids is 1. The molecule has 1 saturated heterocycles. The van der Waals surface area contributed by atoms with Gasteiger partial charge in [0.2, 0.25) is 11.4 Å². The Balaban J connectivity index is 2.31. The lowest BCUT2D eigenvalue weighted by atomic mass is 10.3. The minimum Gasteiger partial charge on any atom is -0.476 e. The van der Waals surface area contributed by atoms with Crippen molar-refractivity contribution in [2.75, 3.05) is 40.0 Å². The van der Waals surface area contributed by atoms with Crippen molar-refractivity contribution in [3.05, 3.63) is 21.5 Å². The standard InChI is InChI=1S/C12H16N4O7/c1-22-12(19)8-9(16(20)21)10(11(17)18)15(13-8)3-2-14-4-6-23-7-5-14/h2-7H2,1H3,(H,17,18). The molecule has 1 fully saturated rings. The largest absolute Gasteiger partial charge is 0.476 e. The van der Waals surface area contributed by atoms with Gasteiger partial charge in [-0.1, -0.05) is 0 Å². The fourth-order valence-electron chi connectivity index (χ4n) is 2.29. The summed E-state index contributed by atoms with van der Waals surface area (Å²) in [5.74, 6) is -2.58. The number of hydrogen-bond acceptors (Lipinski definition) is 8. The van der Waals surface area contributed by atoms with Crippen molar-refractivity contribution in [3.63, 3.8) is 0 Å². The van der Waals surface area contributed by atoms with E-state index in [0.717, 1.165) is 11.8 Å². The summed E-state index contributed by atoms with van der Waals surface area (Å²) in [6, 6.07) is 0. The summed E-state index contributed by atoms with van der Waals surface area (Å²) in [6.07, 6.45) is 0. The Bertz CT molecular complexity index is 621. The lowest BCUT2D eigenvalue weighted by Crippen LogP contribution is -2.38. The molecule has 0 saturated carbocycles. The Hall–Kier alpha value is -2.53. The molecular formula is C12H16N4O7. The number of morpholine rings is 1. The summed E-state index contributed by atoms with van der Waals surface area (Å²) >= 11 is 0. The van der Waals surface area contributed by atoms with Crippen LogP contribution in [0.5, 0.6) is 0 Å². The van der Waals surface area contributed by atoms with Gasteiger partial charge in [-0.25, -0.2) is 14.3 Å². The number of esters is 1. The van der Waals surface area contributed by atoms with Crippen molar-refractivity contribution in [2.24, 2.45) is 0 Å². The quantitative estimate of drug-likeness (QED) is 0.420. The van der Waals surface area contributed by atoms with Gasteiger partial charge in [-0.3, -0.25) is 15.0 Å². The molecule has 0 aromatic carbocycles. The predicted molar refractivity (Wildman–Crippen MR) is 74.4 cm³/mol. The molecule has 1 aliphatic rings. The summed E-state index contributed by atoms with van der Waals surface area (Å²) in [5.41, 5.74) is -2.10. The normalized spacial score (nSPS) is 15.3. The first-order valence-electron chi connectivity index (χ1n) is 6.82. The van der Waals surface area contributed by atoms with E-state index < -0.39 is 33.9 Å². The van der Waals surface area contributed by atoms with E-state index >= 15 is 0 Å². The number of rotatable bonds is 6. The van der Waals surface area contributed by atoms with Crippen LogP contribution in [0.25, 0.3) is 0 Å². The highest BCUT2D eigenvalue weighted by atomic mass is 16.6. The third-order valence-corrected chi connectivity index (χ3v) is 3.42. The van der Waals surface area contributed by atoms with Crippen LogP contribution in [0, 0.1) is 10.1 Å². The zero-order valence-electron chi connectivity index (χ0n) is 12.4. The molecule has 1 aromatic rings. The number of nitro groups is 1. The second-order valence-electron chi connectivity index (χ2n) is 4.78. The fourth-order valence-corrected chi connectivity index (χ4v) is 2.29. The van der Waals surface area contributed by atoms with Crippen LogP contribution >= 0.6 is 0 Å². The average molecular weight is 328 g/mol. The minimum atomic E-state index is -1.53. The number of ether oxygens (including phenoxy) is 2. The van der Waals surface area contributed by atoms with Gasteiger partial charge in [0.15, 0.2) is 0 Å². The molecule has 0 bridgehead atoms. The maximum atomic E-state index is 11.6. The van der Waals surface area contributed by atoms with Gasteiger partial charge in [0.05, 0.1) is 31.8 Å². The smallest absolute Gasteiger partial charge is 0.365 e. The van der Waals surface area contributed by atoms with E-state index in [4.69, 9.17) is 4.74 Å². The monoisotopic (exact) mass is 328 g/mol. The zero-order chi connectivity index (χ0) is 17.0. The van der Waals surface area contributed by atoms with Crippen molar-refractivity contribution in [1.29, 1.82) is 0 Å². The van der Waals surface area contributed by atoms with E-state index in [-0.39, 0.29) is 6.54 Å². The molecule has 0 spiro atoms. The van der Waals surface area contributed by atoms with E-state index in [1.165, 1.54) is 0 Å². The van der Waals surface area contributed by atoms with Crippen molar-refractivity contribution >= 4 is 17.6 Å². The van der Waals surface area contributed by atoms with Gasteiger partial charge in [-0.15, -0.1) is 0 Å². The Morgan fingerprint density at radius 2 is 2.04 bits per heavy atom. The highest BCUT2D eigenvalue weighted by molar-refractivity contribution is 5.99. The Labute approximate surface area is 130 Å². The van der Waals surface area contributed by atoms with E-state index in [2.05, 4.69) is 9.84 Å². The first kappa shape index (κ1) is 16.8. The third kappa shape index (κ3) is 3.63. The molecule has 1 N–H and O–H groups in total. The Morgan fingerprint density at radius 1 is 1.39 bits per heavy atom. The molecule has 0 unspecified atom stereocenters. The molecule has 1 aromatic heterocycles. The highest BCUT2D eigenvalue weighted by Crippen LogP contribution is 2.24. The van der Waals surface area contributed by atoms with Crippen LogP contribution in [-0.4, -0.2) is 76.6 Å². The van der Waals surface area contributed by atoms with E-state index in [9.17, 15) is 24.8 Å². The van der Waals surface area contributed by atoms with Crippen LogP contribution in [0.4, 0.5) is 5.69 Å². The summed E-state index contributed by atoms with van der Waals surface area (Å²) in [4.78, 5) is 35.2. The lowest BCUT2D eigenvalue weighted by Gasteiger charge is -2.26. The second-order valence-corrected chi connectivity index (χ2v) is 4.78. The first-order chi connectivity index (χ1) is 11.0. The number of carboxylic acid groups (broad SMARTS) is 1. The van der Waals surface area contributed by atoms with E-state index in [1.807, 2.05) is 4.90 Å². The average Bonchev–Trinajstić information content (AvgIpc) is 2.93. The molecule has 0 radical (unpaired) electrons. The van der Waals surface area contributed by atoms with Gasteiger partial charge in [-0.05, 0) is 0 Å². The Kier molecular flexibility index (Phi) is 5.24. The SMILES string of the molecule is COC(=O)c1nn(CCN2CCOCC2)c(C(=O)O)c1[N+](=O)[O-]. The molecular weight excluding hydrogens is 312 g/mol. The first-order valence-corrected chi connectivity index (χ1v) is 6.82. The van der Waals surface area contributed by atoms with E-state index in [1.54, 1.807) is 0 Å². The topological polar surface area (TPSA) is 137 Å². The predicted octanol–water partition coefficient (Wildman–Crippen LogP) is -0.392. The molecule has 11 heteroatoms. The number of nitrogens with zero attached hydrogens (tertiary/aromatic N) is 4. The van der Waals surface area contributed by atoms with Crippen molar-refractivity contribution < 1.29 is 29.1 Å². The summed E-state index contributed by atoms with van der Waals surface area (Å²) in [5, 5.41) is 24.2. The molecule has 1 aliphatic heterocycles. The van der Waals surface area contributed by atoms with Gasteiger partial charge in [-0.2, -0.15) is 5.10 Å². The van der Waals surface area contributed by atoms with Crippen LogP contribution in [0.15, 0.2) is 0 Å². The van der Waals surface area contributed by atoms with Crippen molar-refractivity contribution in [1.82, 2.24) is 14.7 Å². The van der Waals surface area contributed by atoms with Crippen LogP contribution in [-0.2, 0) is 16.0 Å². The van der Waals surface area contributed by atoms with Gasteiger partial charge < -0.3 is 14.6 Å². The molecule has 0 aliphatic carbocycles. The van der Waals surface area contributed by atoms with Gasteiger partial charge in [0, 0.05) is 19.6 Å². The molecule has 2 rings (SSSR count). The molecule has 11 nitrogen and oxygen atoms in total. The van der Waals surface area contributed by atoms with Gasteiger partial charge >= 0.3 is 17.6 Å². The van der Waals surface area contributed by atoms with Crippen LogP contribution in [0.2, 0.25) is 0 Å². The van der Waals surface area contributed by atoms with Crippen molar-refractivity contribution in [3.8, 4) is 0 Å². The molecule has 0 amide bonds.